The highest BCUT2D eigenvalue weighted by molar-refractivity contribution is 7.83. The third-order valence-electron chi connectivity index (χ3n) is 2.66. The fourth-order valence-electron chi connectivity index (χ4n) is 1.72. The normalized spacial score (nSPS) is 12.6. The summed E-state index contributed by atoms with van der Waals surface area (Å²) in [4.78, 5) is 0. The number of nitrogens with zero attached hydrogens (tertiary/aromatic N) is 4. The van der Waals surface area contributed by atoms with E-state index in [2.05, 4.69) is 15.5 Å². The molecule has 1 aromatic heterocycles. The first-order valence-corrected chi connectivity index (χ1v) is 8.00. The zero-order valence-corrected chi connectivity index (χ0v) is 12.5. The molecule has 0 saturated carbocycles. The van der Waals surface area contributed by atoms with Gasteiger partial charge in [0.05, 0.1) is 11.5 Å². The van der Waals surface area contributed by atoms with Gasteiger partial charge in [-0.2, -0.15) is 0 Å². The molecule has 108 valence electrons. The molecule has 0 spiro atoms. The molecule has 0 radical (unpaired) electrons. The Morgan fingerprint density at radius 2 is 2.20 bits per heavy atom. The van der Waals surface area contributed by atoms with Crippen LogP contribution in [0.1, 0.15) is 24.7 Å². The summed E-state index contributed by atoms with van der Waals surface area (Å²) < 4.78 is 26.7. The lowest BCUT2D eigenvalue weighted by Crippen LogP contribution is -2.09. The number of benzene rings is 1. The highest BCUT2D eigenvalue weighted by Crippen LogP contribution is 2.19. The van der Waals surface area contributed by atoms with Crippen molar-refractivity contribution in [2.75, 3.05) is 0 Å². The lowest BCUT2D eigenvalue weighted by molar-refractivity contribution is 0.562. The number of tetrazole rings is 1. The second-order valence-electron chi connectivity index (χ2n) is 4.28. The van der Waals surface area contributed by atoms with Crippen LogP contribution >= 0.6 is 11.6 Å². The Hall–Kier alpha value is -1.34. The molecule has 2 aromatic rings. The predicted molar refractivity (Wildman–Crippen MR) is 75.1 cm³/mol. The van der Waals surface area contributed by atoms with E-state index in [0.717, 1.165) is 6.42 Å². The molecule has 2 rings (SSSR count). The van der Waals surface area contributed by atoms with Crippen LogP contribution in [0.5, 0.6) is 0 Å². The van der Waals surface area contributed by atoms with E-state index in [4.69, 9.17) is 11.6 Å². The van der Waals surface area contributed by atoms with Gasteiger partial charge in [0, 0.05) is 22.4 Å². The van der Waals surface area contributed by atoms with E-state index in [1.54, 1.807) is 10.7 Å². The molecular formula is C12H14ClFN4OS. The fraction of sp³-hybridized carbons (Fsp3) is 0.417. The minimum atomic E-state index is -1.20. The van der Waals surface area contributed by atoms with Crippen LogP contribution in [-0.2, 0) is 28.9 Å². The molecule has 20 heavy (non-hydrogen) atoms. The van der Waals surface area contributed by atoms with Crippen molar-refractivity contribution >= 4 is 22.4 Å². The van der Waals surface area contributed by atoms with Crippen molar-refractivity contribution < 1.29 is 8.60 Å². The molecule has 1 atom stereocenters. The number of halogens is 2. The minimum absolute atomic E-state index is 0.248. The number of aryl methyl sites for hydroxylation is 1. The summed E-state index contributed by atoms with van der Waals surface area (Å²) in [6.45, 7) is 2.71. The van der Waals surface area contributed by atoms with Crippen molar-refractivity contribution in [2.45, 2.75) is 31.4 Å². The Bertz CT molecular complexity index is 619. The van der Waals surface area contributed by atoms with Crippen LogP contribution in [0.15, 0.2) is 18.2 Å². The average Bonchev–Trinajstić information content (AvgIpc) is 2.81. The van der Waals surface area contributed by atoms with E-state index < -0.39 is 16.6 Å². The zero-order valence-electron chi connectivity index (χ0n) is 10.9. The Labute approximate surface area is 123 Å². The quantitative estimate of drug-likeness (QED) is 0.820. The number of rotatable bonds is 6. The smallest absolute Gasteiger partial charge is 0.163 e. The third kappa shape index (κ3) is 3.83. The van der Waals surface area contributed by atoms with Gasteiger partial charge in [-0.15, -0.1) is 5.10 Å². The average molecular weight is 317 g/mol. The van der Waals surface area contributed by atoms with Crippen molar-refractivity contribution in [1.29, 1.82) is 0 Å². The van der Waals surface area contributed by atoms with Crippen LogP contribution in [0.3, 0.4) is 0 Å². The highest BCUT2D eigenvalue weighted by Gasteiger charge is 2.12. The summed E-state index contributed by atoms with van der Waals surface area (Å²) >= 11 is 5.92. The summed E-state index contributed by atoms with van der Waals surface area (Å²) in [6, 6.07) is 4.07. The van der Waals surface area contributed by atoms with Crippen molar-refractivity contribution in [2.24, 2.45) is 0 Å². The standard InChI is InChI=1S/C12H14ClFN4OS/c1-2-5-18-12(15-16-17-18)8-20(19)7-9-3-4-10(14)6-11(9)13/h3-4,6H,2,5,7-8H2,1H3. The van der Waals surface area contributed by atoms with Gasteiger partial charge in [0.1, 0.15) is 5.82 Å². The molecule has 0 N–H and O–H groups in total. The molecule has 8 heteroatoms. The second-order valence-corrected chi connectivity index (χ2v) is 6.15. The number of aromatic nitrogens is 4. The van der Waals surface area contributed by atoms with E-state index in [-0.39, 0.29) is 16.5 Å². The lowest BCUT2D eigenvalue weighted by Gasteiger charge is -2.05. The molecule has 0 bridgehead atoms. The third-order valence-corrected chi connectivity index (χ3v) is 4.23. The van der Waals surface area contributed by atoms with Gasteiger partial charge in [-0.25, -0.2) is 9.07 Å². The Kier molecular flexibility index (Phi) is 5.19. The van der Waals surface area contributed by atoms with E-state index in [9.17, 15) is 8.60 Å². The zero-order chi connectivity index (χ0) is 14.5. The van der Waals surface area contributed by atoms with Crippen LogP contribution in [-0.4, -0.2) is 24.4 Å². The maximum absolute atomic E-state index is 12.9. The number of hydrogen-bond donors (Lipinski definition) is 0. The second kappa shape index (κ2) is 6.90. The molecule has 0 amide bonds. The van der Waals surface area contributed by atoms with Gasteiger partial charge in [0.15, 0.2) is 5.82 Å². The van der Waals surface area contributed by atoms with Crippen LogP contribution < -0.4 is 0 Å². The first kappa shape index (κ1) is 15.1. The molecule has 0 aliphatic heterocycles. The summed E-state index contributed by atoms with van der Waals surface area (Å²) in [7, 11) is -1.20. The SMILES string of the molecule is CCCn1nnnc1CS(=O)Cc1ccc(F)cc1Cl. The van der Waals surface area contributed by atoms with E-state index in [1.165, 1.54) is 12.1 Å². The Balaban J connectivity index is 2.03. The molecule has 0 aliphatic carbocycles. The van der Waals surface area contributed by atoms with Gasteiger partial charge in [-0.05, 0) is 34.5 Å². The molecule has 1 aromatic carbocycles. The summed E-state index contributed by atoms with van der Waals surface area (Å²) in [5, 5.41) is 11.6. The molecule has 0 fully saturated rings. The molecule has 0 saturated heterocycles. The van der Waals surface area contributed by atoms with Crippen LogP contribution in [0.25, 0.3) is 0 Å². The van der Waals surface area contributed by atoms with Crippen molar-refractivity contribution in [3.05, 3.63) is 40.4 Å². The maximum Gasteiger partial charge on any atom is 0.163 e. The Morgan fingerprint density at radius 1 is 1.40 bits per heavy atom. The van der Waals surface area contributed by atoms with Gasteiger partial charge >= 0.3 is 0 Å². The van der Waals surface area contributed by atoms with Gasteiger partial charge in [0.25, 0.3) is 0 Å². The van der Waals surface area contributed by atoms with E-state index >= 15 is 0 Å². The topological polar surface area (TPSA) is 60.7 Å². The van der Waals surface area contributed by atoms with Gasteiger partial charge in [-0.1, -0.05) is 24.6 Å². The molecular weight excluding hydrogens is 303 g/mol. The first-order chi connectivity index (χ1) is 9.60. The minimum Gasteiger partial charge on any atom is -0.259 e. The van der Waals surface area contributed by atoms with Gasteiger partial charge < -0.3 is 0 Å². The van der Waals surface area contributed by atoms with Crippen LogP contribution in [0.4, 0.5) is 4.39 Å². The van der Waals surface area contributed by atoms with E-state index in [1.807, 2.05) is 6.92 Å². The monoisotopic (exact) mass is 316 g/mol. The molecule has 0 aliphatic rings. The largest absolute Gasteiger partial charge is 0.259 e. The lowest BCUT2D eigenvalue weighted by atomic mass is 10.2. The van der Waals surface area contributed by atoms with Gasteiger partial charge in [0.2, 0.25) is 0 Å². The summed E-state index contributed by atoms with van der Waals surface area (Å²) in [5.74, 6) is 0.679. The van der Waals surface area contributed by atoms with Crippen LogP contribution in [0.2, 0.25) is 5.02 Å². The maximum atomic E-state index is 12.9. The number of hydrogen-bond acceptors (Lipinski definition) is 4. The van der Waals surface area contributed by atoms with Crippen molar-refractivity contribution in [3.8, 4) is 0 Å². The highest BCUT2D eigenvalue weighted by atomic mass is 35.5. The van der Waals surface area contributed by atoms with Crippen molar-refractivity contribution in [1.82, 2.24) is 20.2 Å². The van der Waals surface area contributed by atoms with Crippen LogP contribution in [0, 0.1) is 5.82 Å². The van der Waals surface area contributed by atoms with Gasteiger partial charge in [-0.3, -0.25) is 4.21 Å². The summed E-state index contributed by atoms with van der Waals surface area (Å²) in [6.07, 6.45) is 0.897. The molecule has 5 nitrogen and oxygen atoms in total. The Morgan fingerprint density at radius 3 is 2.90 bits per heavy atom. The molecule has 1 heterocycles. The van der Waals surface area contributed by atoms with Crippen molar-refractivity contribution in [3.63, 3.8) is 0 Å². The first-order valence-electron chi connectivity index (χ1n) is 6.14. The molecule has 1 unspecified atom stereocenters. The summed E-state index contributed by atoms with van der Waals surface area (Å²) in [5.41, 5.74) is 0.654. The fourth-order valence-corrected chi connectivity index (χ4v) is 3.23. The van der Waals surface area contributed by atoms with E-state index in [0.29, 0.717) is 17.9 Å². The predicted octanol–water partition coefficient (Wildman–Crippen LogP) is 2.32.